The molecule has 0 saturated carbocycles. The molecule has 3 rings (SSSR count). The van der Waals surface area contributed by atoms with E-state index in [2.05, 4.69) is 39.9 Å². The molecule has 3 heterocycles. The second-order valence-corrected chi connectivity index (χ2v) is 5.47. The van der Waals surface area contributed by atoms with E-state index in [0.29, 0.717) is 22.8 Å². The summed E-state index contributed by atoms with van der Waals surface area (Å²) in [6, 6.07) is 7.13. The fraction of sp³-hybridized carbons (Fsp3) is 0.111. The van der Waals surface area contributed by atoms with Crippen molar-refractivity contribution in [3.05, 3.63) is 60.4 Å². The highest BCUT2D eigenvalue weighted by molar-refractivity contribution is 5.96. The van der Waals surface area contributed by atoms with Crippen molar-refractivity contribution in [3.63, 3.8) is 0 Å². The highest BCUT2D eigenvalue weighted by Gasteiger charge is 2.08. The van der Waals surface area contributed by atoms with Gasteiger partial charge in [-0.1, -0.05) is 10.3 Å². The lowest BCUT2D eigenvalue weighted by Crippen LogP contribution is -2.15. The lowest BCUT2D eigenvalue weighted by molar-refractivity contribution is 0.213. The van der Waals surface area contributed by atoms with Crippen molar-refractivity contribution in [3.8, 4) is 22.5 Å². The van der Waals surface area contributed by atoms with Gasteiger partial charge in [0.1, 0.15) is 25.6 Å². The molecule has 0 bridgehead atoms. The Kier molecular flexibility index (Phi) is 5.70. The van der Waals surface area contributed by atoms with Crippen LogP contribution in [-0.4, -0.2) is 45.8 Å². The number of hydrogen-bond acceptors (Lipinski definition) is 8. The molecule has 0 aliphatic rings. The number of nitrogens with two attached hydrogens (primary N) is 2. The van der Waals surface area contributed by atoms with E-state index in [1.807, 2.05) is 12.1 Å². The molecule has 0 radical (unpaired) electrons. The van der Waals surface area contributed by atoms with E-state index in [9.17, 15) is 0 Å². The fourth-order valence-electron chi connectivity index (χ4n) is 2.33. The van der Waals surface area contributed by atoms with E-state index >= 15 is 0 Å². The van der Waals surface area contributed by atoms with E-state index < -0.39 is 0 Å². The Bertz CT molecular complexity index is 922. The zero-order valence-electron chi connectivity index (χ0n) is 15.3. The summed E-state index contributed by atoms with van der Waals surface area (Å²) in [6.45, 7) is 0. The fourth-order valence-corrected chi connectivity index (χ4v) is 2.33. The average Bonchev–Trinajstić information content (AvgIpc) is 2.74. The summed E-state index contributed by atoms with van der Waals surface area (Å²) in [5.74, 6) is 0.382. The quantitative estimate of drug-likeness (QED) is 0.369. The number of pyridine rings is 2. The molecule has 0 aliphatic heterocycles. The molecule has 0 saturated heterocycles. The number of nitrogens with zero attached hydrogens (tertiary/aromatic N) is 6. The third-order valence-electron chi connectivity index (χ3n) is 3.66. The summed E-state index contributed by atoms with van der Waals surface area (Å²) < 4.78 is 0. The molecule has 0 aromatic carbocycles. The van der Waals surface area contributed by atoms with Crippen molar-refractivity contribution >= 4 is 11.7 Å². The molecule has 28 heavy (non-hydrogen) atoms. The van der Waals surface area contributed by atoms with Gasteiger partial charge >= 0.3 is 0 Å². The van der Waals surface area contributed by atoms with E-state index in [4.69, 9.17) is 11.5 Å². The van der Waals surface area contributed by atoms with Crippen molar-refractivity contribution in [1.29, 1.82) is 0 Å². The summed E-state index contributed by atoms with van der Waals surface area (Å²) in [7, 11) is 2.84. The maximum Gasteiger partial charge on any atom is 0.188 e. The molecule has 3 aromatic rings. The normalized spacial score (nSPS) is 11.9. The van der Waals surface area contributed by atoms with Crippen molar-refractivity contribution in [2.24, 2.45) is 21.8 Å². The van der Waals surface area contributed by atoms with Gasteiger partial charge in [-0.15, -0.1) is 0 Å². The lowest BCUT2D eigenvalue weighted by Gasteiger charge is -2.06. The third-order valence-corrected chi connectivity index (χ3v) is 3.66. The molecule has 4 N–H and O–H groups in total. The molecule has 0 unspecified atom stereocenters. The highest BCUT2D eigenvalue weighted by atomic mass is 16.6. The first-order chi connectivity index (χ1) is 13.6. The monoisotopic (exact) mass is 378 g/mol. The second kappa shape index (κ2) is 8.54. The number of rotatable bonds is 6. The molecule has 0 spiro atoms. The standard InChI is InChI=1S/C18H18N8O2/c1-27-25-17(19)13-5-3-11(7-22-13)15-9-21-10-16(24-15)12-4-6-14(23-8-12)18(20)26-28-2/h3-10H,1-2H3,(H2,19,25)(H2,20,26). The summed E-state index contributed by atoms with van der Waals surface area (Å²) in [5, 5.41) is 7.31. The van der Waals surface area contributed by atoms with Crippen LogP contribution in [0.4, 0.5) is 0 Å². The van der Waals surface area contributed by atoms with Gasteiger partial charge < -0.3 is 21.1 Å². The van der Waals surface area contributed by atoms with Gasteiger partial charge in [-0.25, -0.2) is 4.98 Å². The largest absolute Gasteiger partial charge is 0.397 e. The molecule has 142 valence electrons. The first-order valence-electron chi connectivity index (χ1n) is 8.11. The van der Waals surface area contributed by atoms with Gasteiger partial charge in [-0.05, 0) is 24.3 Å². The molecule has 10 nitrogen and oxygen atoms in total. The summed E-state index contributed by atoms with van der Waals surface area (Å²) in [5.41, 5.74) is 15.4. The van der Waals surface area contributed by atoms with Crippen LogP contribution < -0.4 is 11.5 Å². The Labute approximate surface area is 160 Å². The van der Waals surface area contributed by atoms with Crippen LogP contribution >= 0.6 is 0 Å². The Morgan fingerprint density at radius 3 is 1.57 bits per heavy atom. The van der Waals surface area contributed by atoms with Crippen LogP contribution in [0.1, 0.15) is 11.4 Å². The van der Waals surface area contributed by atoms with Crippen molar-refractivity contribution in [2.45, 2.75) is 0 Å². The average molecular weight is 378 g/mol. The molecule has 10 heteroatoms. The Hall–Kier alpha value is -4.08. The van der Waals surface area contributed by atoms with Gasteiger partial charge in [-0.2, -0.15) is 0 Å². The molecule has 3 aromatic heterocycles. The van der Waals surface area contributed by atoms with E-state index in [1.54, 1.807) is 36.9 Å². The third kappa shape index (κ3) is 4.18. The second-order valence-electron chi connectivity index (χ2n) is 5.47. The van der Waals surface area contributed by atoms with Crippen molar-refractivity contribution in [2.75, 3.05) is 14.2 Å². The zero-order valence-corrected chi connectivity index (χ0v) is 15.3. The zero-order chi connectivity index (χ0) is 19.9. The Balaban J connectivity index is 1.86. The number of aromatic nitrogens is 4. The van der Waals surface area contributed by atoms with Gasteiger partial charge in [0.25, 0.3) is 0 Å². The van der Waals surface area contributed by atoms with Gasteiger partial charge in [-0.3, -0.25) is 15.0 Å². The molecule has 0 fully saturated rings. The topological polar surface area (TPSA) is 147 Å². The van der Waals surface area contributed by atoms with E-state index in [0.717, 1.165) is 11.1 Å². The first kappa shape index (κ1) is 18.7. The molecule has 0 aliphatic carbocycles. The Morgan fingerprint density at radius 1 is 0.750 bits per heavy atom. The number of amidine groups is 2. The smallest absolute Gasteiger partial charge is 0.188 e. The predicted molar refractivity (Wildman–Crippen MR) is 104 cm³/mol. The minimum Gasteiger partial charge on any atom is -0.397 e. The molecular formula is C18H18N8O2. The maximum atomic E-state index is 5.75. The summed E-state index contributed by atoms with van der Waals surface area (Å²) in [6.07, 6.45) is 6.59. The predicted octanol–water partition coefficient (Wildman–Crippen LogP) is 1.13. The van der Waals surface area contributed by atoms with Crippen molar-refractivity contribution in [1.82, 2.24) is 19.9 Å². The van der Waals surface area contributed by atoms with Crippen LogP contribution in [0.3, 0.4) is 0 Å². The molecule has 0 atom stereocenters. The number of oxime groups is 2. The number of hydrogen-bond donors (Lipinski definition) is 2. The van der Waals surface area contributed by atoms with E-state index in [1.165, 1.54) is 14.2 Å². The van der Waals surface area contributed by atoms with E-state index in [-0.39, 0.29) is 11.7 Å². The van der Waals surface area contributed by atoms with Gasteiger partial charge in [0.2, 0.25) is 0 Å². The summed E-state index contributed by atoms with van der Waals surface area (Å²) >= 11 is 0. The molecule has 0 amide bonds. The van der Waals surface area contributed by atoms with Gasteiger partial charge in [0.15, 0.2) is 11.7 Å². The van der Waals surface area contributed by atoms with Crippen molar-refractivity contribution < 1.29 is 9.68 Å². The molecular weight excluding hydrogens is 360 g/mol. The minimum absolute atomic E-state index is 0.191. The Morgan fingerprint density at radius 2 is 1.21 bits per heavy atom. The van der Waals surface area contributed by atoms with Crippen LogP contribution in [0, 0.1) is 0 Å². The van der Waals surface area contributed by atoms with Crippen LogP contribution in [-0.2, 0) is 9.68 Å². The van der Waals surface area contributed by atoms with Crippen LogP contribution in [0.25, 0.3) is 22.5 Å². The van der Waals surface area contributed by atoms with Crippen LogP contribution in [0.5, 0.6) is 0 Å². The summed E-state index contributed by atoms with van der Waals surface area (Å²) in [4.78, 5) is 26.7. The van der Waals surface area contributed by atoms with Crippen LogP contribution in [0.15, 0.2) is 59.4 Å². The maximum absolute atomic E-state index is 5.75. The lowest BCUT2D eigenvalue weighted by atomic mass is 10.1. The first-order valence-corrected chi connectivity index (χ1v) is 8.11. The van der Waals surface area contributed by atoms with Crippen LogP contribution in [0.2, 0.25) is 0 Å². The SMILES string of the molecule is CO/N=C(/N)c1ccc(-c2cncc(-c3ccc(/C(N)=N\OC)nc3)n2)cn1. The van der Waals surface area contributed by atoms with Gasteiger partial charge in [0, 0.05) is 23.5 Å². The highest BCUT2D eigenvalue weighted by Crippen LogP contribution is 2.21. The minimum atomic E-state index is 0.191. The van der Waals surface area contributed by atoms with Gasteiger partial charge in [0.05, 0.1) is 23.8 Å².